The molecule has 0 bridgehead atoms. The van der Waals surface area contributed by atoms with E-state index in [9.17, 15) is 13.2 Å². The van der Waals surface area contributed by atoms with Gasteiger partial charge in [-0.3, -0.25) is 4.90 Å². The molecule has 2 saturated heterocycles. The Balaban J connectivity index is 1.54. The van der Waals surface area contributed by atoms with Crippen LogP contribution >= 0.6 is 0 Å². The quantitative estimate of drug-likeness (QED) is 0.921. The maximum atomic E-state index is 12.5. The van der Waals surface area contributed by atoms with E-state index in [4.69, 9.17) is 4.74 Å². The lowest BCUT2D eigenvalue weighted by Crippen LogP contribution is -2.45. The van der Waals surface area contributed by atoms with Crippen molar-refractivity contribution in [2.75, 3.05) is 31.6 Å². The van der Waals surface area contributed by atoms with Crippen LogP contribution in [0.25, 0.3) is 0 Å². The standard InChI is InChI=1S/C16H22F3N3O/c17-16(18,19)12-3-4-15(20-10-12)21-11-14-2-1-7-22(14)13-5-8-23-9-6-13/h3-4,10,13-14H,1-2,5-9,11H2,(H,20,21)/t14-/m0/s1. The van der Waals surface area contributed by atoms with E-state index in [1.165, 1.54) is 12.5 Å². The molecule has 0 aliphatic carbocycles. The number of alkyl halides is 3. The molecule has 1 aromatic heterocycles. The van der Waals surface area contributed by atoms with E-state index in [0.717, 1.165) is 57.8 Å². The highest BCUT2D eigenvalue weighted by atomic mass is 19.4. The number of nitrogens with zero attached hydrogens (tertiary/aromatic N) is 2. The minimum atomic E-state index is -4.34. The van der Waals surface area contributed by atoms with Gasteiger partial charge in [0, 0.05) is 38.0 Å². The van der Waals surface area contributed by atoms with Crippen LogP contribution in [0.3, 0.4) is 0 Å². The number of likely N-dealkylation sites (tertiary alicyclic amines) is 1. The third-order valence-electron chi connectivity index (χ3n) is 4.69. The summed E-state index contributed by atoms with van der Waals surface area (Å²) in [5.41, 5.74) is -0.715. The van der Waals surface area contributed by atoms with Gasteiger partial charge in [0.2, 0.25) is 0 Å². The highest BCUT2D eigenvalue weighted by Gasteiger charge is 2.32. The van der Waals surface area contributed by atoms with Crippen LogP contribution < -0.4 is 5.32 Å². The van der Waals surface area contributed by atoms with Crippen molar-refractivity contribution in [1.29, 1.82) is 0 Å². The largest absolute Gasteiger partial charge is 0.417 e. The fraction of sp³-hybridized carbons (Fsp3) is 0.688. The molecule has 0 saturated carbocycles. The van der Waals surface area contributed by atoms with Crippen LogP contribution in [0.2, 0.25) is 0 Å². The van der Waals surface area contributed by atoms with E-state index in [1.807, 2.05) is 0 Å². The molecule has 0 spiro atoms. The number of ether oxygens (including phenoxy) is 1. The van der Waals surface area contributed by atoms with Gasteiger partial charge >= 0.3 is 6.18 Å². The van der Waals surface area contributed by atoms with E-state index in [0.29, 0.717) is 17.9 Å². The third-order valence-corrected chi connectivity index (χ3v) is 4.69. The molecule has 2 aliphatic rings. The van der Waals surface area contributed by atoms with Gasteiger partial charge in [0.05, 0.1) is 5.56 Å². The Hall–Kier alpha value is -1.34. The Kier molecular flexibility index (Phi) is 5.06. The molecule has 1 atom stereocenters. The van der Waals surface area contributed by atoms with Gasteiger partial charge in [0.15, 0.2) is 0 Å². The topological polar surface area (TPSA) is 37.4 Å². The predicted octanol–water partition coefficient (Wildman–Crippen LogP) is 3.16. The van der Waals surface area contributed by atoms with Crippen LogP contribution in [0, 0.1) is 0 Å². The van der Waals surface area contributed by atoms with Crippen molar-refractivity contribution in [3.8, 4) is 0 Å². The Morgan fingerprint density at radius 3 is 2.65 bits per heavy atom. The monoisotopic (exact) mass is 329 g/mol. The van der Waals surface area contributed by atoms with Crippen molar-refractivity contribution in [3.63, 3.8) is 0 Å². The molecule has 7 heteroatoms. The summed E-state index contributed by atoms with van der Waals surface area (Å²) in [6.07, 6.45) is 0.962. The summed E-state index contributed by atoms with van der Waals surface area (Å²) in [6.45, 7) is 3.46. The van der Waals surface area contributed by atoms with Gasteiger partial charge in [0.1, 0.15) is 5.82 Å². The first kappa shape index (κ1) is 16.5. The molecular formula is C16H22F3N3O. The van der Waals surface area contributed by atoms with Crippen molar-refractivity contribution in [2.24, 2.45) is 0 Å². The number of nitrogens with one attached hydrogen (secondary N) is 1. The maximum Gasteiger partial charge on any atom is 0.417 e. The van der Waals surface area contributed by atoms with Gasteiger partial charge in [-0.25, -0.2) is 4.98 Å². The van der Waals surface area contributed by atoms with Gasteiger partial charge in [-0.05, 0) is 44.4 Å². The van der Waals surface area contributed by atoms with Crippen molar-refractivity contribution < 1.29 is 17.9 Å². The normalized spacial score (nSPS) is 24.0. The summed E-state index contributed by atoms with van der Waals surface area (Å²) in [6, 6.07) is 3.46. The fourth-order valence-electron chi connectivity index (χ4n) is 3.46. The van der Waals surface area contributed by atoms with Crippen molar-refractivity contribution in [3.05, 3.63) is 23.9 Å². The minimum Gasteiger partial charge on any atom is -0.381 e. The molecule has 2 aliphatic heterocycles. The van der Waals surface area contributed by atoms with Crippen molar-refractivity contribution >= 4 is 5.82 Å². The zero-order valence-electron chi connectivity index (χ0n) is 13.0. The predicted molar refractivity (Wildman–Crippen MR) is 81.3 cm³/mol. The second kappa shape index (κ2) is 7.05. The fourth-order valence-corrected chi connectivity index (χ4v) is 3.46. The number of halogens is 3. The number of hydrogen-bond donors (Lipinski definition) is 1. The molecule has 0 aromatic carbocycles. The summed E-state index contributed by atoms with van der Waals surface area (Å²) < 4.78 is 43.0. The summed E-state index contributed by atoms with van der Waals surface area (Å²) >= 11 is 0. The van der Waals surface area contributed by atoms with E-state index in [1.54, 1.807) is 0 Å². The van der Waals surface area contributed by atoms with Gasteiger partial charge in [-0.1, -0.05) is 0 Å². The Morgan fingerprint density at radius 2 is 2.00 bits per heavy atom. The molecular weight excluding hydrogens is 307 g/mol. The zero-order valence-corrected chi connectivity index (χ0v) is 13.0. The molecule has 4 nitrogen and oxygen atoms in total. The summed E-state index contributed by atoms with van der Waals surface area (Å²) in [5, 5.41) is 3.18. The van der Waals surface area contributed by atoms with Crippen LogP contribution in [0.5, 0.6) is 0 Å². The molecule has 128 valence electrons. The molecule has 0 amide bonds. The molecule has 1 aromatic rings. The minimum absolute atomic E-state index is 0.419. The maximum absolute atomic E-state index is 12.5. The van der Waals surface area contributed by atoms with Gasteiger partial charge in [-0.15, -0.1) is 0 Å². The molecule has 23 heavy (non-hydrogen) atoms. The first-order chi connectivity index (χ1) is 11.0. The Bertz CT molecular complexity index is 500. The second-order valence-electron chi connectivity index (χ2n) is 6.19. The number of pyridine rings is 1. The second-order valence-corrected chi connectivity index (χ2v) is 6.19. The smallest absolute Gasteiger partial charge is 0.381 e. The number of anilines is 1. The van der Waals surface area contributed by atoms with Crippen LogP contribution in [0.4, 0.5) is 19.0 Å². The molecule has 3 rings (SSSR count). The number of rotatable bonds is 4. The summed E-state index contributed by atoms with van der Waals surface area (Å²) in [7, 11) is 0. The lowest BCUT2D eigenvalue weighted by Gasteiger charge is -2.35. The van der Waals surface area contributed by atoms with Crippen LogP contribution in [-0.4, -0.2) is 48.3 Å². The number of hydrogen-bond acceptors (Lipinski definition) is 4. The summed E-state index contributed by atoms with van der Waals surface area (Å²) in [4.78, 5) is 6.40. The van der Waals surface area contributed by atoms with Gasteiger partial charge in [0.25, 0.3) is 0 Å². The van der Waals surface area contributed by atoms with E-state index >= 15 is 0 Å². The molecule has 2 fully saturated rings. The molecule has 0 radical (unpaired) electrons. The Labute approximate surface area is 134 Å². The van der Waals surface area contributed by atoms with E-state index in [-0.39, 0.29) is 0 Å². The zero-order chi connectivity index (χ0) is 16.3. The Morgan fingerprint density at radius 1 is 1.22 bits per heavy atom. The molecule has 3 heterocycles. The first-order valence-electron chi connectivity index (χ1n) is 8.14. The van der Waals surface area contributed by atoms with E-state index in [2.05, 4.69) is 15.2 Å². The molecule has 0 unspecified atom stereocenters. The van der Waals surface area contributed by atoms with Gasteiger partial charge < -0.3 is 10.1 Å². The number of aromatic nitrogens is 1. The highest BCUT2D eigenvalue weighted by molar-refractivity contribution is 5.36. The van der Waals surface area contributed by atoms with E-state index < -0.39 is 11.7 Å². The molecule has 1 N–H and O–H groups in total. The van der Waals surface area contributed by atoms with Crippen LogP contribution in [-0.2, 0) is 10.9 Å². The van der Waals surface area contributed by atoms with Crippen LogP contribution in [0.1, 0.15) is 31.2 Å². The van der Waals surface area contributed by atoms with Crippen molar-refractivity contribution in [2.45, 2.75) is 43.9 Å². The SMILES string of the molecule is FC(F)(F)c1ccc(NC[C@@H]2CCCN2C2CCOCC2)nc1. The van der Waals surface area contributed by atoms with Crippen LogP contribution in [0.15, 0.2) is 18.3 Å². The third kappa shape index (κ3) is 4.14. The average molecular weight is 329 g/mol. The first-order valence-corrected chi connectivity index (χ1v) is 8.14. The van der Waals surface area contributed by atoms with Gasteiger partial charge in [-0.2, -0.15) is 13.2 Å². The lowest BCUT2D eigenvalue weighted by atomic mass is 10.1. The summed E-state index contributed by atoms with van der Waals surface area (Å²) in [5.74, 6) is 0.497. The lowest BCUT2D eigenvalue weighted by molar-refractivity contribution is -0.137. The van der Waals surface area contributed by atoms with Crippen molar-refractivity contribution in [1.82, 2.24) is 9.88 Å². The highest BCUT2D eigenvalue weighted by Crippen LogP contribution is 2.29. The average Bonchev–Trinajstić information content (AvgIpc) is 3.02.